The van der Waals surface area contributed by atoms with E-state index in [0.717, 1.165) is 32.1 Å². The smallest absolute Gasteiger partial charge is 0.408 e. The van der Waals surface area contributed by atoms with Crippen molar-refractivity contribution in [1.29, 1.82) is 0 Å². The zero-order valence-corrected chi connectivity index (χ0v) is 25.0. The molecule has 3 amide bonds. The minimum absolute atomic E-state index is 0.0154. The number of rotatable bonds is 14. The average Bonchev–Trinajstić information content (AvgIpc) is 2.79. The summed E-state index contributed by atoms with van der Waals surface area (Å²) in [5.74, 6) is -1.04. The third-order valence-electron chi connectivity index (χ3n) is 6.20. The molecule has 38 heavy (non-hydrogen) atoms. The average molecular weight is 534 g/mol. The molecule has 1 aromatic rings. The second-order valence-electron chi connectivity index (χ2n) is 11.7. The molecule has 8 heteroatoms. The molecule has 0 aromatic heterocycles. The van der Waals surface area contributed by atoms with Crippen LogP contribution in [0.3, 0.4) is 0 Å². The molecule has 3 N–H and O–H groups in total. The van der Waals surface area contributed by atoms with E-state index in [0.29, 0.717) is 24.1 Å². The van der Waals surface area contributed by atoms with Gasteiger partial charge in [-0.1, -0.05) is 71.1 Å². The van der Waals surface area contributed by atoms with Crippen molar-refractivity contribution in [2.24, 2.45) is 5.92 Å². The molecule has 8 nitrogen and oxygen atoms in total. The lowest BCUT2D eigenvalue weighted by Crippen LogP contribution is -2.55. The van der Waals surface area contributed by atoms with Crippen molar-refractivity contribution in [3.8, 4) is 5.75 Å². The van der Waals surface area contributed by atoms with Gasteiger partial charge in [0.15, 0.2) is 0 Å². The molecule has 1 rings (SSSR count). The van der Waals surface area contributed by atoms with Crippen molar-refractivity contribution < 1.29 is 24.2 Å². The number of alkyl carbamates (subject to hydrolysis) is 1. The minimum Gasteiger partial charge on any atom is -0.507 e. The summed E-state index contributed by atoms with van der Waals surface area (Å²) in [7, 11) is 0. The molecule has 0 aliphatic carbocycles. The number of carbonyl (C=O) groups excluding carboxylic acids is 3. The molecule has 0 heterocycles. The van der Waals surface area contributed by atoms with Gasteiger partial charge in [0.1, 0.15) is 23.4 Å². The number of hydrogen-bond acceptors (Lipinski definition) is 5. The van der Waals surface area contributed by atoms with Crippen LogP contribution in [-0.2, 0) is 14.3 Å². The predicted molar refractivity (Wildman–Crippen MR) is 152 cm³/mol. The molecule has 2 atom stereocenters. The summed E-state index contributed by atoms with van der Waals surface area (Å²) >= 11 is 0. The fourth-order valence-corrected chi connectivity index (χ4v) is 4.27. The number of phenols is 1. The molecule has 0 saturated heterocycles. The molecular weight excluding hydrogens is 482 g/mol. The third-order valence-corrected chi connectivity index (χ3v) is 6.20. The number of aryl methyl sites for hydroxylation is 1. The fourth-order valence-electron chi connectivity index (χ4n) is 4.27. The van der Waals surface area contributed by atoms with E-state index in [9.17, 15) is 19.5 Å². The highest BCUT2D eigenvalue weighted by Crippen LogP contribution is 2.33. The lowest BCUT2D eigenvalue weighted by atomic mass is 9.96. The van der Waals surface area contributed by atoms with Crippen LogP contribution in [0, 0.1) is 12.8 Å². The Bertz CT molecular complexity index is 908. The molecule has 216 valence electrons. The second kappa shape index (κ2) is 15.6. The molecule has 0 fully saturated rings. The summed E-state index contributed by atoms with van der Waals surface area (Å²) in [6.07, 6.45) is 5.38. The lowest BCUT2D eigenvalue weighted by molar-refractivity contribution is -0.143. The van der Waals surface area contributed by atoms with Gasteiger partial charge in [0.05, 0.1) is 0 Å². The number of amides is 3. The van der Waals surface area contributed by atoms with Crippen LogP contribution in [0.5, 0.6) is 5.75 Å². The molecule has 2 unspecified atom stereocenters. The van der Waals surface area contributed by atoms with Gasteiger partial charge in [-0.15, -0.1) is 0 Å². The van der Waals surface area contributed by atoms with Crippen molar-refractivity contribution in [3.05, 3.63) is 29.3 Å². The number of aromatic hydroxyl groups is 1. The van der Waals surface area contributed by atoms with E-state index >= 15 is 0 Å². The topological polar surface area (TPSA) is 108 Å². The quantitative estimate of drug-likeness (QED) is 0.254. The van der Waals surface area contributed by atoms with Crippen molar-refractivity contribution in [3.63, 3.8) is 0 Å². The maximum atomic E-state index is 14.1. The van der Waals surface area contributed by atoms with Gasteiger partial charge in [-0.3, -0.25) is 9.59 Å². The first kappa shape index (κ1) is 33.3. The first-order valence-corrected chi connectivity index (χ1v) is 14.1. The number of hydrogen-bond donors (Lipinski definition) is 3. The second-order valence-corrected chi connectivity index (χ2v) is 11.7. The Labute approximate surface area is 229 Å². The van der Waals surface area contributed by atoms with Gasteiger partial charge in [-0.25, -0.2) is 4.79 Å². The first-order valence-electron chi connectivity index (χ1n) is 14.1. The highest BCUT2D eigenvalue weighted by atomic mass is 16.6. The fraction of sp³-hybridized carbons (Fsp3) is 0.700. The third kappa shape index (κ3) is 10.9. The molecule has 0 aliphatic heterocycles. The first-order chi connectivity index (χ1) is 17.7. The van der Waals surface area contributed by atoms with E-state index in [1.54, 1.807) is 45.9 Å². The van der Waals surface area contributed by atoms with E-state index in [-0.39, 0.29) is 29.5 Å². The van der Waals surface area contributed by atoms with Crippen LogP contribution in [0.25, 0.3) is 0 Å². The number of para-hydroxylation sites is 1. The summed E-state index contributed by atoms with van der Waals surface area (Å²) in [5, 5.41) is 16.6. The van der Waals surface area contributed by atoms with E-state index in [4.69, 9.17) is 4.74 Å². The van der Waals surface area contributed by atoms with E-state index in [1.807, 2.05) is 27.7 Å². The highest BCUT2D eigenvalue weighted by molar-refractivity contribution is 5.92. The lowest BCUT2D eigenvalue weighted by Gasteiger charge is -2.36. The van der Waals surface area contributed by atoms with Gasteiger partial charge in [-0.2, -0.15) is 0 Å². The number of unbranched alkanes of at least 4 members (excludes halogenated alkanes) is 5. The van der Waals surface area contributed by atoms with Crippen LogP contribution in [0.15, 0.2) is 18.2 Å². The number of nitrogens with zero attached hydrogens (tertiary/aromatic N) is 1. The van der Waals surface area contributed by atoms with Gasteiger partial charge >= 0.3 is 6.09 Å². The summed E-state index contributed by atoms with van der Waals surface area (Å²) in [4.78, 5) is 41.9. The van der Waals surface area contributed by atoms with Crippen LogP contribution in [0.4, 0.5) is 4.79 Å². The van der Waals surface area contributed by atoms with E-state index in [2.05, 4.69) is 17.6 Å². The molecule has 0 radical (unpaired) electrons. The number of carbonyl (C=O) groups is 3. The SMILES string of the molecule is CCCCCCCCN(C(=O)C(NC(=O)OC(C)(C)C)C(C)C)C(C(=O)NC(C)C)c1cccc(C)c1O. The van der Waals surface area contributed by atoms with Gasteiger partial charge in [0, 0.05) is 18.2 Å². The molecule has 1 aromatic carbocycles. The zero-order valence-electron chi connectivity index (χ0n) is 25.0. The maximum Gasteiger partial charge on any atom is 0.408 e. The minimum atomic E-state index is -1.05. The Kier molecular flexibility index (Phi) is 13.6. The standard InChI is InChI=1S/C30H51N3O5/c1-10-11-12-13-14-15-19-33(28(36)24(20(2)3)32-29(37)38-30(7,8)9)25(27(35)31-21(4)5)23-18-16-17-22(6)26(23)34/h16-18,20-21,24-25,34H,10-15,19H2,1-9H3,(H,31,35)(H,32,37). The van der Waals surface area contributed by atoms with Crippen molar-refractivity contribution >= 4 is 17.9 Å². The van der Waals surface area contributed by atoms with E-state index < -0.39 is 23.8 Å². The summed E-state index contributed by atoms with van der Waals surface area (Å²) in [5.41, 5.74) is 0.256. The Hall–Kier alpha value is -2.77. The number of benzene rings is 1. The Morgan fingerprint density at radius 3 is 2.13 bits per heavy atom. The molecular formula is C30H51N3O5. The van der Waals surface area contributed by atoms with Gasteiger partial charge < -0.3 is 25.4 Å². The van der Waals surface area contributed by atoms with Crippen molar-refractivity contribution in [1.82, 2.24) is 15.5 Å². The maximum absolute atomic E-state index is 14.1. The summed E-state index contributed by atoms with van der Waals surface area (Å²) in [6.45, 7) is 16.9. The van der Waals surface area contributed by atoms with E-state index in [1.165, 1.54) is 4.90 Å². The molecule has 0 bridgehead atoms. The summed E-state index contributed by atoms with van der Waals surface area (Å²) in [6, 6.07) is 3.08. The van der Waals surface area contributed by atoms with Crippen LogP contribution >= 0.6 is 0 Å². The molecule has 0 aliphatic rings. The van der Waals surface area contributed by atoms with Crippen LogP contribution in [-0.4, -0.2) is 52.1 Å². The predicted octanol–water partition coefficient (Wildman–Crippen LogP) is 6.00. The normalized spacial score (nSPS) is 13.2. The van der Waals surface area contributed by atoms with Gasteiger partial charge in [-0.05, 0) is 59.4 Å². The number of phenolic OH excluding ortho intramolecular Hbond substituents is 1. The van der Waals surface area contributed by atoms with Crippen LogP contribution in [0.2, 0.25) is 0 Å². The van der Waals surface area contributed by atoms with Gasteiger partial charge in [0.2, 0.25) is 11.8 Å². The van der Waals surface area contributed by atoms with Crippen molar-refractivity contribution in [2.75, 3.05) is 6.54 Å². The number of nitrogens with one attached hydrogen (secondary N) is 2. The Balaban J connectivity index is 3.48. The molecule has 0 saturated carbocycles. The van der Waals surface area contributed by atoms with Crippen LogP contribution in [0.1, 0.15) is 111 Å². The van der Waals surface area contributed by atoms with Gasteiger partial charge in [0.25, 0.3) is 0 Å². The molecule has 0 spiro atoms. The van der Waals surface area contributed by atoms with Crippen LogP contribution < -0.4 is 10.6 Å². The number of ether oxygens (including phenoxy) is 1. The monoisotopic (exact) mass is 533 g/mol. The Morgan fingerprint density at radius 1 is 0.974 bits per heavy atom. The zero-order chi connectivity index (χ0) is 29.0. The highest BCUT2D eigenvalue weighted by Gasteiger charge is 2.38. The Morgan fingerprint density at radius 2 is 1.58 bits per heavy atom. The van der Waals surface area contributed by atoms with Crippen molar-refractivity contribution in [2.45, 2.75) is 125 Å². The summed E-state index contributed by atoms with van der Waals surface area (Å²) < 4.78 is 5.42. The largest absolute Gasteiger partial charge is 0.507 e.